The van der Waals surface area contributed by atoms with Crippen LogP contribution in [0.1, 0.15) is 46.0 Å². The van der Waals surface area contributed by atoms with Gasteiger partial charge in [0, 0.05) is 0 Å². The number of rotatable bonds is 6. The van der Waals surface area contributed by atoms with Gasteiger partial charge >= 0.3 is 7.60 Å². The number of alkyl halides is 1. The van der Waals surface area contributed by atoms with Crippen molar-refractivity contribution in [3.63, 3.8) is 0 Å². The molecule has 0 aromatic rings. The summed E-state index contributed by atoms with van der Waals surface area (Å²) in [5.41, 5.74) is 0. The van der Waals surface area contributed by atoms with E-state index in [1.165, 1.54) is 19.3 Å². The van der Waals surface area contributed by atoms with Crippen LogP contribution in [0.25, 0.3) is 0 Å². The molecule has 3 nitrogen and oxygen atoms in total. The highest BCUT2D eigenvalue weighted by molar-refractivity contribution is 9.10. The molecular weight excluding hydrogens is 291 g/mol. The van der Waals surface area contributed by atoms with Crippen molar-refractivity contribution < 1.29 is 13.6 Å². The molecule has 1 atom stereocenters. The van der Waals surface area contributed by atoms with Crippen LogP contribution in [0.4, 0.5) is 0 Å². The van der Waals surface area contributed by atoms with E-state index in [1.807, 2.05) is 13.8 Å². The molecule has 1 saturated carbocycles. The van der Waals surface area contributed by atoms with Crippen LogP contribution in [0.15, 0.2) is 0 Å². The Morgan fingerprint density at radius 1 is 1.19 bits per heavy atom. The van der Waals surface area contributed by atoms with E-state index in [9.17, 15) is 4.57 Å². The fourth-order valence-electron chi connectivity index (χ4n) is 2.21. The maximum Gasteiger partial charge on any atom is 0.344 e. The molecule has 0 aromatic heterocycles. The monoisotopic (exact) mass is 312 g/mol. The van der Waals surface area contributed by atoms with Gasteiger partial charge in [-0.3, -0.25) is 4.57 Å². The molecule has 0 radical (unpaired) electrons. The highest BCUT2D eigenvalue weighted by Gasteiger charge is 2.39. The highest BCUT2D eigenvalue weighted by atomic mass is 79.9. The summed E-state index contributed by atoms with van der Waals surface area (Å²) in [6.07, 6.45) is 6.00. The molecule has 0 N–H and O–H groups in total. The maximum atomic E-state index is 12.5. The molecule has 16 heavy (non-hydrogen) atoms. The van der Waals surface area contributed by atoms with E-state index in [0.717, 1.165) is 12.8 Å². The van der Waals surface area contributed by atoms with Crippen molar-refractivity contribution in [2.24, 2.45) is 5.92 Å². The number of hydrogen-bond acceptors (Lipinski definition) is 3. The van der Waals surface area contributed by atoms with Crippen LogP contribution < -0.4 is 0 Å². The van der Waals surface area contributed by atoms with Crippen molar-refractivity contribution in [2.75, 3.05) is 13.2 Å². The van der Waals surface area contributed by atoms with Crippen LogP contribution in [-0.4, -0.2) is 17.8 Å². The molecule has 1 fully saturated rings. The molecule has 1 aliphatic carbocycles. The van der Waals surface area contributed by atoms with Crippen molar-refractivity contribution in [1.29, 1.82) is 0 Å². The Labute approximate surface area is 107 Å². The van der Waals surface area contributed by atoms with Crippen molar-refractivity contribution in [3.8, 4) is 0 Å². The van der Waals surface area contributed by atoms with Gasteiger partial charge in [-0.1, -0.05) is 35.2 Å². The second-order valence-electron chi connectivity index (χ2n) is 4.15. The normalized spacial score (nSPS) is 20.9. The summed E-state index contributed by atoms with van der Waals surface area (Å²) in [7, 11) is -2.96. The Kier molecular flexibility index (Phi) is 6.57. The van der Waals surface area contributed by atoms with Gasteiger partial charge in [-0.25, -0.2) is 0 Å². The maximum absolute atomic E-state index is 12.5. The molecule has 1 unspecified atom stereocenters. The highest BCUT2D eigenvalue weighted by Crippen LogP contribution is 2.59. The first-order chi connectivity index (χ1) is 7.64. The molecule has 5 heteroatoms. The van der Waals surface area contributed by atoms with Gasteiger partial charge in [0.2, 0.25) is 0 Å². The number of halogens is 1. The Bertz CT molecular complexity index is 231. The fraction of sp³-hybridized carbons (Fsp3) is 1.00. The first-order valence-electron chi connectivity index (χ1n) is 6.17. The van der Waals surface area contributed by atoms with Gasteiger partial charge < -0.3 is 9.05 Å². The first-order valence-corrected chi connectivity index (χ1v) is 8.69. The van der Waals surface area contributed by atoms with Crippen LogP contribution in [-0.2, 0) is 13.6 Å². The Hall–Kier alpha value is 0.630. The summed E-state index contributed by atoms with van der Waals surface area (Å²) in [4.78, 5) is 0. The van der Waals surface area contributed by atoms with E-state index in [-0.39, 0.29) is 4.57 Å². The van der Waals surface area contributed by atoms with Crippen LogP contribution in [0.2, 0.25) is 0 Å². The third-order valence-electron chi connectivity index (χ3n) is 2.96. The van der Waals surface area contributed by atoms with Gasteiger partial charge in [0.15, 0.2) is 0 Å². The van der Waals surface area contributed by atoms with E-state index in [2.05, 4.69) is 15.9 Å². The predicted molar refractivity (Wildman–Crippen MR) is 70.1 cm³/mol. The average Bonchev–Trinajstić information content (AvgIpc) is 2.30. The standard InChI is InChI=1S/C11H22BrO3P/c1-3-14-16(13,15-4-2)11(12)10-8-6-5-7-9-10/h10-11H,3-9H2,1-2H3. The Balaban J connectivity index is 2.64. The van der Waals surface area contributed by atoms with Crippen LogP contribution >= 0.6 is 23.5 Å². The van der Waals surface area contributed by atoms with E-state index in [1.54, 1.807) is 0 Å². The minimum Gasteiger partial charge on any atom is -0.308 e. The van der Waals surface area contributed by atoms with Crippen LogP contribution in [0.5, 0.6) is 0 Å². The lowest BCUT2D eigenvalue weighted by Crippen LogP contribution is -2.20. The second kappa shape index (κ2) is 7.15. The predicted octanol–water partition coefficient (Wildman–Crippen LogP) is 4.55. The lowest BCUT2D eigenvalue weighted by molar-refractivity contribution is 0.208. The zero-order valence-corrected chi connectivity index (χ0v) is 12.6. The molecular formula is C11H22BrO3P. The SMILES string of the molecule is CCOP(=O)(OCC)C(Br)C1CCCCC1. The summed E-state index contributed by atoms with van der Waals surface area (Å²) in [5.74, 6) is 0.428. The molecule has 0 spiro atoms. The minimum absolute atomic E-state index is 0.139. The van der Waals surface area contributed by atoms with E-state index < -0.39 is 7.60 Å². The van der Waals surface area contributed by atoms with Crippen LogP contribution in [0, 0.1) is 5.92 Å². The van der Waals surface area contributed by atoms with Gasteiger partial charge in [0.05, 0.1) is 13.2 Å². The summed E-state index contributed by atoms with van der Waals surface area (Å²) < 4.78 is 23.1. The molecule has 96 valence electrons. The van der Waals surface area contributed by atoms with Crippen molar-refractivity contribution in [2.45, 2.75) is 50.5 Å². The summed E-state index contributed by atoms with van der Waals surface area (Å²) in [6.45, 7) is 4.58. The lowest BCUT2D eigenvalue weighted by Gasteiger charge is -2.30. The van der Waals surface area contributed by atoms with E-state index >= 15 is 0 Å². The molecule has 0 amide bonds. The van der Waals surface area contributed by atoms with Gasteiger partial charge in [0.25, 0.3) is 0 Å². The zero-order chi connectivity index (χ0) is 12.0. The molecule has 1 aliphatic rings. The van der Waals surface area contributed by atoms with Gasteiger partial charge in [0.1, 0.15) is 4.57 Å². The lowest BCUT2D eigenvalue weighted by atomic mass is 9.91. The largest absolute Gasteiger partial charge is 0.344 e. The molecule has 0 aromatic carbocycles. The first kappa shape index (κ1) is 14.7. The minimum atomic E-state index is -2.96. The number of hydrogen-bond donors (Lipinski definition) is 0. The molecule has 0 saturated heterocycles. The summed E-state index contributed by atoms with van der Waals surface area (Å²) in [5, 5.41) is 0. The third kappa shape index (κ3) is 3.83. The average molecular weight is 313 g/mol. The Morgan fingerprint density at radius 2 is 1.69 bits per heavy atom. The molecule has 0 bridgehead atoms. The second-order valence-corrected chi connectivity index (χ2v) is 7.99. The molecule has 0 aliphatic heterocycles. The van der Waals surface area contributed by atoms with E-state index in [0.29, 0.717) is 19.1 Å². The quantitative estimate of drug-likeness (QED) is 0.533. The van der Waals surface area contributed by atoms with Gasteiger partial charge in [-0.05, 0) is 32.6 Å². The smallest absolute Gasteiger partial charge is 0.308 e. The van der Waals surface area contributed by atoms with Crippen LogP contribution in [0.3, 0.4) is 0 Å². The zero-order valence-electron chi connectivity index (χ0n) is 10.2. The Morgan fingerprint density at radius 3 is 2.12 bits per heavy atom. The molecule has 0 heterocycles. The third-order valence-corrected chi connectivity index (χ3v) is 7.47. The van der Waals surface area contributed by atoms with Gasteiger partial charge in [-0.2, -0.15) is 0 Å². The summed E-state index contributed by atoms with van der Waals surface area (Å²) in [6, 6.07) is 0. The topological polar surface area (TPSA) is 35.5 Å². The van der Waals surface area contributed by atoms with Crippen molar-refractivity contribution in [1.82, 2.24) is 0 Å². The summed E-state index contributed by atoms with van der Waals surface area (Å²) >= 11 is 3.55. The molecule has 1 rings (SSSR count). The van der Waals surface area contributed by atoms with E-state index in [4.69, 9.17) is 9.05 Å². The van der Waals surface area contributed by atoms with Gasteiger partial charge in [-0.15, -0.1) is 0 Å². The van der Waals surface area contributed by atoms with Crippen molar-refractivity contribution >= 4 is 23.5 Å². The van der Waals surface area contributed by atoms with Crippen molar-refractivity contribution in [3.05, 3.63) is 0 Å². The fourth-order valence-corrected chi connectivity index (χ4v) is 5.34.